The lowest BCUT2D eigenvalue weighted by molar-refractivity contribution is 0.102. The fraction of sp³-hybridized carbons (Fsp3) is 0.0667. The molecule has 1 aliphatic heterocycles. The van der Waals surface area contributed by atoms with Crippen LogP contribution in [-0.4, -0.2) is 12.7 Å². The zero-order valence-corrected chi connectivity index (χ0v) is 11.5. The molecule has 1 aliphatic rings. The molecule has 21 heavy (non-hydrogen) atoms. The summed E-state index contributed by atoms with van der Waals surface area (Å²) in [6.07, 6.45) is 0. The molecule has 0 unspecified atom stereocenters. The summed E-state index contributed by atoms with van der Waals surface area (Å²) in [6.45, 7) is 0.0930. The van der Waals surface area contributed by atoms with Crippen LogP contribution in [0.3, 0.4) is 0 Å². The Balaban J connectivity index is 1.82. The van der Waals surface area contributed by atoms with Crippen molar-refractivity contribution in [3.63, 3.8) is 0 Å². The normalized spacial score (nSPS) is 11.8. The van der Waals surface area contributed by atoms with Gasteiger partial charge >= 0.3 is 0 Å². The summed E-state index contributed by atoms with van der Waals surface area (Å²) in [5.41, 5.74) is 1.49. The third-order valence-corrected chi connectivity index (χ3v) is 3.24. The average Bonchev–Trinajstić information content (AvgIpc) is 2.97. The van der Waals surface area contributed by atoms with E-state index < -0.39 is 0 Å². The van der Waals surface area contributed by atoms with Gasteiger partial charge in [0.15, 0.2) is 11.5 Å². The van der Waals surface area contributed by atoms with Crippen LogP contribution < -0.4 is 14.8 Å². The van der Waals surface area contributed by atoms with Gasteiger partial charge in [0, 0.05) is 11.3 Å². The van der Waals surface area contributed by atoms with Crippen LogP contribution in [0, 0.1) is 11.3 Å². The van der Waals surface area contributed by atoms with Gasteiger partial charge in [-0.3, -0.25) is 4.79 Å². The number of nitrogens with one attached hydrogen (secondary N) is 1. The van der Waals surface area contributed by atoms with Crippen LogP contribution in [0.2, 0.25) is 5.02 Å². The van der Waals surface area contributed by atoms with Gasteiger partial charge in [0.05, 0.1) is 16.7 Å². The van der Waals surface area contributed by atoms with Crippen molar-refractivity contribution in [2.45, 2.75) is 0 Å². The van der Waals surface area contributed by atoms with Crippen LogP contribution >= 0.6 is 11.6 Å². The van der Waals surface area contributed by atoms with E-state index in [0.29, 0.717) is 33.3 Å². The third kappa shape index (κ3) is 2.62. The SMILES string of the molecule is N#Cc1ccc(NC(=O)c2cc(Cl)c3c(c2)OCO3)cc1. The molecular formula is C15H9ClN2O3. The van der Waals surface area contributed by atoms with E-state index in [1.165, 1.54) is 6.07 Å². The maximum atomic E-state index is 12.2. The number of carbonyl (C=O) groups excluding carboxylic acids is 1. The van der Waals surface area contributed by atoms with E-state index in [-0.39, 0.29) is 12.7 Å². The van der Waals surface area contributed by atoms with Gasteiger partial charge in [-0.15, -0.1) is 0 Å². The van der Waals surface area contributed by atoms with E-state index in [4.69, 9.17) is 26.3 Å². The molecule has 0 bridgehead atoms. The maximum Gasteiger partial charge on any atom is 0.255 e. The Hall–Kier alpha value is -2.71. The predicted molar refractivity (Wildman–Crippen MR) is 76.7 cm³/mol. The molecule has 1 N–H and O–H groups in total. The first-order valence-corrected chi connectivity index (χ1v) is 6.46. The third-order valence-electron chi connectivity index (χ3n) is 2.96. The summed E-state index contributed by atoms with van der Waals surface area (Å²) in [7, 11) is 0. The molecule has 104 valence electrons. The van der Waals surface area contributed by atoms with Crippen molar-refractivity contribution in [2.24, 2.45) is 0 Å². The van der Waals surface area contributed by atoms with Crippen molar-refractivity contribution >= 4 is 23.2 Å². The minimum atomic E-state index is -0.320. The van der Waals surface area contributed by atoms with E-state index in [0.717, 1.165) is 0 Å². The van der Waals surface area contributed by atoms with E-state index in [2.05, 4.69) is 5.32 Å². The predicted octanol–water partition coefficient (Wildman–Crippen LogP) is 3.19. The van der Waals surface area contributed by atoms with Crippen LogP contribution in [0.25, 0.3) is 0 Å². The minimum absolute atomic E-state index is 0.0930. The van der Waals surface area contributed by atoms with E-state index in [9.17, 15) is 4.79 Å². The van der Waals surface area contributed by atoms with Crippen molar-refractivity contribution in [2.75, 3.05) is 12.1 Å². The molecule has 0 fully saturated rings. The number of amides is 1. The number of nitriles is 1. The zero-order valence-electron chi connectivity index (χ0n) is 10.7. The van der Waals surface area contributed by atoms with Crippen LogP contribution in [0.4, 0.5) is 5.69 Å². The Morgan fingerprint density at radius 3 is 2.71 bits per heavy atom. The average molecular weight is 301 g/mol. The molecule has 0 saturated heterocycles. The van der Waals surface area contributed by atoms with E-state index in [1.807, 2.05) is 6.07 Å². The molecular weight excluding hydrogens is 292 g/mol. The van der Waals surface area contributed by atoms with Gasteiger partial charge in [-0.2, -0.15) is 5.26 Å². The molecule has 1 amide bonds. The van der Waals surface area contributed by atoms with Crippen molar-refractivity contribution < 1.29 is 14.3 Å². The smallest absolute Gasteiger partial charge is 0.255 e. The first kappa shape index (κ1) is 13.3. The molecule has 0 aliphatic carbocycles. The van der Waals surface area contributed by atoms with Gasteiger partial charge in [0.1, 0.15) is 0 Å². The first-order valence-electron chi connectivity index (χ1n) is 6.08. The van der Waals surface area contributed by atoms with Crippen molar-refractivity contribution in [1.29, 1.82) is 5.26 Å². The Labute approximate surface area is 125 Å². The summed E-state index contributed by atoms with van der Waals surface area (Å²) >= 11 is 6.04. The largest absolute Gasteiger partial charge is 0.454 e. The lowest BCUT2D eigenvalue weighted by Crippen LogP contribution is -2.11. The van der Waals surface area contributed by atoms with E-state index in [1.54, 1.807) is 30.3 Å². The van der Waals surface area contributed by atoms with Gasteiger partial charge < -0.3 is 14.8 Å². The molecule has 5 nitrogen and oxygen atoms in total. The Morgan fingerprint density at radius 1 is 1.24 bits per heavy atom. The number of anilines is 1. The monoisotopic (exact) mass is 300 g/mol. The Bertz CT molecular complexity index is 751. The Morgan fingerprint density at radius 2 is 2.00 bits per heavy atom. The molecule has 1 heterocycles. The molecule has 0 saturated carbocycles. The summed E-state index contributed by atoms with van der Waals surface area (Å²) < 4.78 is 10.4. The highest BCUT2D eigenvalue weighted by Crippen LogP contribution is 2.39. The van der Waals surface area contributed by atoms with Gasteiger partial charge in [-0.05, 0) is 36.4 Å². The van der Waals surface area contributed by atoms with Crippen LogP contribution in [-0.2, 0) is 0 Å². The number of hydrogen-bond acceptors (Lipinski definition) is 4. The fourth-order valence-corrected chi connectivity index (χ4v) is 2.20. The van der Waals surface area contributed by atoms with Crippen LogP contribution in [0.5, 0.6) is 11.5 Å². The molecule has 2 aromatic rings. The van der Waals surface area contributed by atoms with Crippen molar-refractivity contribution in [3.8, 4) is 17.6 Å². The highest BCUT2D eigenvalue weighted by Gasteiger charge is 2.20. The van der Waals surface area contributed by atoms with Gasteiger partial charge in [-0.25, -0.2) is 0 Å². The number of benzene rings is 2. The maximum absolute atomic E-state index is 12.2. The summed E-state index contributed by atoms with van der Waals surface area (Å²) in [6, 6.07) is 11.7. The molecule has 6 heteroatoms. The van der Waals surface area contributed by atoms with E-state index >= 15 is 0 Å². The van der Waals surface area contributed by atoms with Crippen LogP contribution in [0.15, 0.2) is 36.4 Å². The second-order valence-electron chi connectivity index (χ2n) is 4.34. The number of ether oxygens (including phenoxy) is 2. The fourth-order valence-electron chi connectivity index (χ4n) is 1.93. The van der Waals surface area contributed by atoms with Gasteiger partial charge in [-0.1, -0.05) is 11.6 Å². The van der Waals surface area contributed by atoms with Crippen molar-refractivity contribution in [3.05, 3.63) is 52.5 Å². The number of hydrogen-bond donors (Lipinski definition) is 1. The summed E-state index contributed by atoms with van der Waals surface area (Å²) in [5, 5.41) is 11.8. The molecule has 0 spiro atoms. The second-order valence-corrected chi connectivity index (χ2v) is 4.74. The zero-order chi connectivity index (χ0) is 14.8. The summed E-state index contributed by atoms with van der Waals surface area (Å²) in [4.78, 5) is 12.2. The van der Waals surface area contributed by atoms with Gasteiger partial charge in [0.25, 0.3) is 5.91 Å². The number of halogens is 1. The Kier molecular flexibility index (Phi) is 3.38. The standard InChI is InChI=1S/C15H9ClN2O3/c16-12-5-10(6-13-14(12)21-8-20-13)15(19)18-11-3-1-9(7-17)2-4-11/h1-6H,8H2,(H,18,19). The number of rotatable bonds is 2. The highest BCUT2D eigenvalue weighted by molar-refractivity contribution is 6.32. The molecule has 0 radical (unpaired) electrons. The first-order chi connectivity index (χ1) is 10.2. The summed E-state index contributed by atoms with van der Waals surface area (Å²) in [5.74, 6) is 0.582. The number of carbonyl (C=O) groups is 1. The molecule has 0 atom stereocenters. The lowest BCUT2D eigenvalue weighted by atomic mass is 10.1. The number of fused-ring (bicyclic) bond motifs is 1. The molecule has 3 rings (SSSR count). The van der Waals surface area contributed by atoms with Gasteiger partial charge in [0.2, 0.25) is 6.79 Å². The second kappa shape index (κ2) is 5.35. The highest BCUT2D eigenvalue weighted by atomic mass is 35.5. The quantitative estimate of drug-likeness (QED) is 0.924. The molecule has 0 aromatic heterocycles. The topological polar surface area (TPSA) is 71.4 Å². The van der Waals surface area contributed by atoms with Crippen LogP contribution in [0.1, 0.15) is 15.9 Å². The molecule has 2 aromatic carbocycles. The van der Waals surface area contributed by atoms with Crippen molar-refractivity contribution in [1.82, 2.24) is 0 Å². The minimum Gasteiger partial charge on any atom is -0.454 e. The number of nitrogens with zero attached hydrogens (tertiary/aromatic N) is 1. The lowest BCUT2D eigenvalue weighted by Gasteiger charge is -2.07.